The number of likely N-dealkylation sites (tertiary alicyclic amines) is 1. The topological polar surface area (TPSA) is 74.8 Å². The summed E-state index contributed by atoms with van der Waals surface area (Å²) >= 11 is 0. The zero-order valence-corrected chi connectivity index (χ0v) is 14.0. The average molecular weight is 332 g/mol. The molecule has 1 aromatic heterocycles. The number of piperidine rings is 1. The van der Waals surface area contributed by atoms with Gasteiger partial charge in [0.15, 0.2) is 0 Å². The number of anilines is 1. The Hall–Kier alpha value is -2.15. The van der Waals surface area contributed by atoms with Gasteiger partial charge in [-0.15, -0.1) is 0 Å². The molecule has 0 bridgehead atoms. The third kappa shape index (κ3) is 3.51. The van der Waals surface area contributed by atoms with Crippen LogP contribution in [0.2, 0.25) is 0 Å². The van der Waals surface area contributed by atoms with Crippen molar-refractivity contribution in [1.82, 2.24) is 15.2 Å². The van der Waals surface area contributed by atoms with Crippen LogP contribution in [0.3, 0.4) is 0 Å². The first kappa shape index (κ1) is 16.7. The fourth-order valence-electron chi connectivity index (χ4n) is 3.27. The lowest BCUT2D eigenvalue weighted by molar-refractivity contribution is -0.126. The van der Waals surface area contributed by atoms with E-state index in [1.807, 2.05) is 6.07 Å². The normalized spacial score (nSPS) is 21.5. The second-order valence-corrected chi connectivity index (χ2v) is 6.13. The molecule has 1 atom stereocenters. The molecule has 0 unspecified atom stereocenters. The van der Waals surface area contributed by atoms with Gasteiger partial charge < -0.3 is 19.9 Å². The number of pyridine rings is 1. The number of amides is 2. The molecule has 0 radical (unpaired) electrons. The highest BCUT2D eigenvalue weighted by atomic mass is 16.5. The van der Waals surface area contributed by atoms with Crippen LogP contribution in [-0.2, 0) is 9.53 Å². The SMILES string of the molecule is CNC(=O)[C@@H]1CCCCN1C(=O)c1ccc(N2CCOCC2)nc1. The van der Waals surface area contributed by atoms with Crippen molar-refractivity contribution in [3.05, 3.63) is 23.9 Å². The van der Waals surface area contributed by atoms with E-state index in [1.54, 1.807) is 24.2 Å². The molecule has 2 aliphatic rings. The van der Waals surface area contributed by atoms with Gasteiger partial charge in [0.25, 0.3) is 5.91 Å². The summed E-state index contributed by atoms with van der Waals surface area (Å²) in [7, 11) is 1.61. The molecule has 24 heavy (non-hydrogen) atoms. The minimum Gasteiger partial charge on any atom is -0.378 e. The fraction of sp³-hybridized carbons (Fsp3) is 0.588. The minimum absolute atomic E-state index is 0.0963. The van der Waals surface area contributed by atoms with E-state index in [9.17, 15) is 9.59 Å². The van der Waals surface area contributed by atoms with Crippen molar-refractivity contribution in [3.63, 3.8) is 0 Å². The average Bonchev–Trinajstić information content (AvgIpc) is 2.67. The van der Waals surface area contributed by atoms with Crippen molar-refractivity contribution in [3.8, 4) is 0 Å². The molecule has 2 aliphatic heterocycles. The summed E-state index contributed by atoms with van der Waals surface area (Å²) in [6.45, 7) is 3.63. The summed E-state index contributed by atoms with van der Waals surface area (Å²) < 4.78 is 5.34. The van der Waals surface area contributed by atoms with Gasteiger partial charge in [-0.05, 0) is 31.4 Å². The number of aromatic nitrogens is 1. The van der Waals surface area contributed by atoms with E-state index in [4.69, 9.17) is 4.74 Å². The summed E-state index contributed by atoms with van der Waals surface area (Å²) in [6, 6.07) is 3.29. The molecule has 2 amide bonds. The van der Waals surface area contributed by atoms with E-state index in [-0.39, 0.29) is 17.9 Å². The number of carbonyl (C=O) groups is 2. The van der Waals surface area contributed by atoms with Gasteiger partial charge in [0.2, 0.25) is 5.91 Å². The number of rotatable bonds is 3. The van der Waals surface area contributed by atoms with Crippen LogP contribution in [-0.4, -0.2) is 67.6 Å². The van der Waals surface area contributed by atoms with Gasteiger partial charge >= 0.3 is 0 Å². The molecule has 0 spiro atoms. The first-order chi connectivity index (χ1) is 11.7. The van der Waals surface area contributed by atoms with Crippen LogP contribution < -0.4 is 10.2 Å². The fourth-order valence-corrected chi connectivity index (χ4v) is 3.27. The van der Waals surface area contributed by atoms with Crippen LogP contribution in [0.1, 0.15) is 29.6 Å². The van der Waals surface area contributed by atoms with Gasteiger partial charge in [0, 0.05) is 32.9 Å². The molecule has 3 heterocycles. The van der Waals surface area contributed by atoms with Gasteiger partial charge in [0.1, 0.15) is 11.9 Å². The van der Waals surface area contributed by atoms with Crippen LogP contribution in [0, 0.1) is 0 Å². The standard InChI is InChI=1S/C17H24N4O3/c1-18-16(22)14-4-2-3-7-21(14)17(23)13-5-6-15(19-12-13)20-8-10-24-11-9-20/h5-6,12,14H,2-4,7-11H2,1H3,(H,18,22)/t14-/m0/s1. The molecule has 2 fully saturated rings. The van der Waals surface area contributed by atoms with Crippen molar-refractivity contribution in [1.29, 1.82) is 0 Å². The molecule has 7 heteroatoms. The van der Waals surface area contributed by atoms with Gasteiger partial charge in [-0.25, -0.2) is 4.98 Å². The van der Waals surface area contributed by atoms with Crippen LogP contribution in [0.4, 0.5) is 5.82 Å². The van der Waals surface area contributed by atoms with Crippen LogP contribution in [0.25, 0.3) is 0 Å². The number of hydrogen-bond acceptors (Lipinski definition) is 5. The second kappa shape index (κ2) is 7.61. The quantitative estimate of drug-likeness (QED) is 0.880. The van der Waals surface area contributed by atoms with E-state index in [0.717, 1.165) is 31.7 Å². The molecule has 1 N–H and O–H groups in total. The van der Waals surface area contributed by atoms with Crippen molar-refractivity contribution < 1.29 is 14.3 Å². The maximum Gasteiger partial charge on any atom is 0.256 e. The van der Waals surface area contributed by atoms with E-state index in [0.29, 0.717) is 31.7 Å². The van der Waals surface area contributed by atoms with E-state index >= 15 is 0 Å². The Morgan fingerprint density at radius 3 is 2.67 bits per heavy atom. The Morgan fingerprint density at radius 2 is 2.00 bits per heavy atom. The lowest BCUT2D eigenvalue weighted by Gasteiger charge is -2.34. The third-order valence-corrected chi connectivity index (χ3v) is 4.64. The van der Waals surface area contributed by atoms with Crippen LogP contribution >= 0.6 is 0 Å². The summed E-state index contributed by atoms with van der Waals surface area (Å²) in [5.41, 5.74) is 0.530. The molecule has 0 aromatic carbocycles. The predicted octanol–water partition coefficient (Wildman–Crippen LogP) is 0.659. The minimum atomic E-state index is -0.379. The molecular formula is C17H24N4O3. The molecule has 0 saturated carbocycles. The van der Waals surface area contributed by atoms with Crippen LogP contribution in [0.15, 0.2) is 18.3 Å². The zero-order chi connectivity index (χ0) is 16.9. The molecular weight excluding hydrogens is 308 g/mol. The second-order valence-electron chi connectivity index (χ2n) is 6.13. The van der Waals surface area contributed by atoms with Crippen molar-refractivity contribution >= 4 is 17.6 Å². The number of nitrogens with zero attached hydrogens (tertiary/aromatic N) is 3. The highest BCUT2D eigenvalue weighted by molar-refractivity contribution is 5.97. The Kier molecular flexibility index (Phi) is 5.30. The van der Waals surface area contributed by atoms with Crippen molar-refractivity contribution in [2.45, 2.75) is 25.3 Å². The summed E-state index contributed by atoms with van der Waals surface area (Å²) in [6.07, 6.45) is 4.22. The smallest absolute Gasteiger partial charge is 0.256 e. The summed E-state index contributed by atoms with van der Waals surface area (Å²) in [5, 5.41) is 2.66. The first-order valence-corrected chi connectivity index (χ1v) is 8.52. The number of hydrogen-bond donors (Lipinski definition) is 1. The van der Waals surface area contributed by atoms with Crippen LogP contribution in [0.5, 0.6) is 0 Å². The number of likely N-dealkylation sites (N-methyl/N-ethyl adjacent to an activating group) is 1. The molecule has 130 valence electrons. The van der Waals surface area contributed by atoms with Crippen molar-refractivity contribution in [2.75, 3.05) is 44.8 Å². The van der Waals surface area contributed by atoms with Gasteiger partial charge in [-0.2, -0.15) is 0 Å². The summed E-state index contributed by atoms with van der Waals surface area (Å²) in [5.74, 6) is 0.640. The maximum absolute atomic E-state index is 12.8. The number of nitrogens with one attached hydrogen (secondary N) is 1. The zero-order valence-electron chi connectivity index (χ0n) is 14.0. The van der Waals surface area contributed by atoms with Crippen molar-refractivity contribution in [2.24, 2.45) is 0 Å². The number of morpholine rings is 1. The molecule has 1 aromatic rings. The highest BCUT2D eigenvalue weighted by Crippen LogP contribution is 2.21. The monoisotopic (exact) mass is 332 g/mol. The van der Waals surface area contributed by atoms with E-state index in [2.05, 4.69) is 15.2 Å². The number of carbonyl (C=O) groups excluding carboxylic acids is 2. The lowest BCUT2D eigenvalue weighted by Crippen LogP contribution is -2.51. The van der Waals surface area contributed by atoms with Gasteiger partial charge in [0.05, 0.1) is 18.8 Å². The maximum atomic E-state index is 12.8. The molecule has 3 rings (SSSR count). The lowest BCUT2D eigenvalue weighted by atomic mass is 10.0. The third-order valence-electron chi connectivity index (χ3n) is 4.64. The van der Waals surface area contributed by atoms with E-state index in [1.165, 1.54) is 0 Å². The highest BCUT2D eigenvalue weighted by Gasteiger charge is 2.32. The molecule has 2 saturated heterocycles. The first-order valence-electron chi connectivity index (χ1n) is 8.52. The van der Waals surface area contributed by atoms with E-state index < -0.39 is 0 Å². The largest absolute Gasteiger partial charge is 0.378 e. The summed E-state index contributed by atoms with van der Waals surface area (Å²) in [4.78, 5) is 33.1. The Balaban J connectivity index is 1.72. The number of ether oxygens (including phenoxy) is 1. The van der Waals surface area contributed by atoms with Gasteiger partial charge in [-0.3, -0.25) is 9.59 Å². The van der Waals surface area contributed by atoms with Gasteiger partial charge in [-0.1, -0.05) is 0 Å². The Labute approximate surface area is 142 Å². The Bertz CT molecular complexity index is 584. The molecule has 7 nitrogen and oxygen atoms in total. The molecule has 0 aliphatic carbocycles. The predicted molar refractivity (Wildman–Crippen MR) is 90.0 cm³/mol. The Morgan fingerprint density at radius 1 is 1.21 bits per heavy atom.